The monoisotopic (exact) mass is 458 g/mol. The summed E-state index contributed by atoms with van der Waals surface area (Å²) >= 11 is 13.5. The van der Waals surface area contributed by atoms with Crippen molar-refractivity contribution in [3.63, 3.8) is 0 Å². The van der Waals surface area contributed by atoms with Crippen LogP contribution in [0.15, 0.2) is 28.3 Å². The third-order valence-electron chi connectivity index (χ3n) is 3.72. The fraction of sp³-hybridized carbons (Fsp3) is 0.421. The standard InChI is InChI=1S/C17H19Cl2FN6S.C2H6/c1-9(2)22-4-3-5-26-15-13(14(21)24-16(20)25-15)23-17(26)27-12-7-10(18)6-11(19)8-12;1-2/h6-9,22H,3-5H2,1-2H3,(H2,21,24,25);1-2H3. The maximum Gasteiger partial charge on any atom is 0.312 e. The molecule has 0 unspecified atom stereocenters. The van der Waals surface area contributed by atoms with Gasteiger partial charge in [0.2, 0.25) is 0 Å². The first-order valence-electron chi connectivity index (χ1n) is 9.40. The second-order valence-corrected chi connectivity index (χ2v) is 8.18. The van der Waals surface area contributed by atoms with E-state index in [-0.39, 0.29) is 5.82 Å². The van der Waals surface area contributed by atoms with Crippen LogP contribution in [0.25, 0.3) is 11.2 Å². The van der Waals surface area contributed by atoms with E-state index in [0.717, 1.165) is 17.9 Å². The Labute approximate surface area is 184 Å². The maximum absolute atomic E-state index is 13.7. The topological polar surface area (TPSA) is 81.7 Å². The van der Waals surface area contributed by atoms with E-state index < -0.39 is 6.08 Å². The molecule has 0 amide bonds. The molecule has 6 nitrogen and oxygen atoms in total. The van der Waals surface area contributed by atoms with Crippen molar-refractivity contribution >= 4 is 51.9 Å². The number of imidazole rings is 1. The summed E-state index contributed by atoms with van der Waals surface area (Å²) in [6.07, 6.45) is -0.0530. The van der Waals surface area contributed by atoms with Crippen molar-refractivity contribution in [2.75, 3.05) is 12.3 Å². The van der Waals surface area contributed by atoms with Crippen LogP contribution in [0.1, 0.15) is 34.1 Å². The third-order valence-corrected chi connectivity index (χ3v) is 5.12. The molecule has 0 aliphatic rings. The SMILES string of the molecule is CC.CC(C)NCCCn1c(Sc2cc(Cl)cc(Cl)c2)nc2c(N)nc(F)nc21. The van der Waals surface area contributed by atoms with Gasteiger partial charge in [0, 0.05) is 27.5 Å². The van der Waals surface area contributed by atoms with Crippen LogP contribution in [0, 0.1) is 6.08 Å². The Morgan fingerprint density at radius 3 is 2.41 bits per heavy atom. The number of nitrogen functional groups attached to an aromatic ring is 1. The number of fused-ring (bicyclic) bond motifs is 1. The summed E-state index contributed by atoms with van der Waals surface area (Å²) in [7, 11) is 0. The number of hydrogen-bond donors (Lipinski definition) is 2. The number of nitrogens with one attached hydrogen (secondary N) is 1. The molecule has 10 heteroatoms. The molecule has 3 aromatic rings. The molecule has 3 rings (SSSR count). The highest BCUT2D eigenvalue weighted by atomic mass is 35.5. The molecule has 0 atom stereocenters. The smallest absolute Gasteiger partial charge is 0.312 e. The fourth-order valence-electron chi connectivity index (χ4n) is 2.57. The molecule has 0 saturated heterocycles. The van der Waals surface area contributed by atoms with Crippen LogP contribution in [0.2, 0.25) is 10.0 Å². The van der Waals surface area contributed by atoms with Crippen LogP contribution in [-0.2, 0) is 6.54 Å². The number of anilines is 1. The first-order valence-corrected chi connectivity index (χ1v) is 11.0. The number of halogens is 3. The lowest BCUT2D eigenvalue weighted by Crippen LogP contribution is -2.24. The van der Waals surface area contributed by atoms with Crippen molar-refractivity contribution in [1.82, 2.24) is 24.8 Å². The van der Waals surface area contributed by atoms with Crippen molar-refractivity contribution in [3.8, 4) is 0 Å². The lowest BCUT2D eigenvalue weighted by Gasteiger charge is -2.11. The summed E-state index contributed by atoms with van der Waals surface area (Å²) in [6.45, 7) is 9.58. The van der Waals surface area contributed by atoms with Crippen LogP contribution in [0.3, 0.4) is 0 Å². The van der Waals surface area contributed by atoms with Crippen LogP contribution in [0.5, 0.6) is 0 Å². The number of aromatic nitrogens is 4. The molecule has 0 fully saturated rings. The molecule has 0 saturated carbocycles. The van der Waals surface area contributed by atoms with Gasteiger partial charge < -0.3 is 15.6 Å². The fourth-order valence-corrected chi connectivity index (χ4v) is 4.24. The molecular formula is C19H25Cl2FN6S. The Balaban J connectivity index is 0.00000145. The third kappa shape index (κ3) is 6.44. The number of benzene rings is 1. The molecule has 0 spiro atoms. The molecule has 158 valence electrons. The van der Waals surface area contributed by atoms with Gasteiger partial charge in [0.15, 0.2) is 22.1 Å². The van der Waals surface area contributed by atoms with Crippen molar-refractivity contribution in [3.05, 3.63) is 34.3 Å². The summed E-state index contributed by atoms with van der Waals surface area (Å²) in [4.78, 5) is 12.8. The van der Waals surface area contributed by atoms with Crippen molar-refractivity contribution in [2.24, 2.45) is 0 Å². The second-order valence-electron chi connectivity index (χ2n) is 6.27. The zero-order valence-electron chi connectivity index (χ0n) is 16.8. The molecule has 3 N–H and O–H groups in total. The lowest BCUT2D eigenvalue weighted by atomic mass is 10.3. The number of aryl methyl sites for hydroxylation is 1. The van der Waals surface area contributed by atoms with E-state index in [1.165, 1.54) is 11.8 Å². The Morgan fingerprint density at radius 2 is 1.79 bits per heavy atom. The molecule has 29 heavy (non-hydrogen) atoms. The molecular weight excluding hydrogens is 434 g/mol. The predicted octanol–water partition coefficient (Wildman–Crippen LogP) is 5.42. The summed E-state index contributed by atoms with van der Waals surface area (Å²) < 4.78 is 15.6. The van der Waals surface area contributed by atoms with Crippen molar-refractivity contribution < 1.29 is 4.39 Å². The van der Waals surface area contributed by atoms with Gasteiger partial charge in [-0.1, -0.05) is 62.7 Å². The Bertz CT molecular complexity index is 943. The van der Waals surface area contributed by atoms with Gasteiger partial charge >= 0.3 is 6.08 Å². The highest BCUT2D eigenvalue weighted by molar-refractivity contribution is 7.99. The predicted molar refractivity (Wildman–Crippen MR) is 119 cm³/mol. The highest BCUT2D eigenvalue weighted by Gasteiger charge is 2.18. The molecule has 2 aromatic heterocycles. The van der Waals surface area contributed by atoms with Crippen LogP contribution in [-0.4, -0.2) is 32.1 Å². The molecule has 0 bridgehead atoms. The minimum atomic E-state index is -0.871. The largest absolute Gasteiger partial charge is 0.382 e. The second kappa shape index (κ2) is 11.0. The van der Waals surface area contributed by atoms with Crippen LogP contribution in [0.4, 0.5) is 10.2 Å². The van der Waals surface area contributed by atoms with E-state index >= 15 is 0 Å². The van der Waals surface area contributed by atoms with Gasteiger partial charge in [0.1, 0.15) is 0 Å². The first kappa shape index (κ1) is 23.7. The van der Waals surface area contributed by atoms with Gasteiger partial charge in [-0.05, 0) is 31.2 Å². The zero-order chi connectivity index (χ0) is 21.6. The van der Waals surface area contributed by atoms with Crippen LogP contribution >= 0.6 is 35.0 Å². The van der Waals surface area contributed by atoms with Crippen molar-refractivity contribution in [2.45, 2.75) is 56.8 Å². The Kier molecular flexibility index (Phi) is 8.95. The number of rotatable bonds is 7. The summed E-state index contributed by atoms with van der Waals surface area (Å²) in [5, 5.41) is 5.03. The van der Waals surface area contributed by atoms with E-state index in [1.807, 2.05) is 18.4 Å². The van der Waals surface area contributed by atoms with E-state index in [9.17, 15) is 4.39 Å². The first-order chi connectivity index (χ1) is 13.8. The zero-order valence-corrected chi connectivity index (χ0v) is 19.2. The quantitative estimate of drug-likeness (QED) is 0.363. The Morgan fingerprint density at radius 1 is 1.14 bits per heavy atom. The van der Waals surface area contributed by atoms with Crippen LogP contribution < -0.4 is 11.1 Å². The van der Waals surface area contributed by atoms with Gasteiger partial charge in [0.25, 0.3) is 0 Å². The van der Waals surface area contributed by atoms with E-state index in [0.29, 0.717) is 39.0 Å². The van der Waals surface area contributed by atoms with Gasteiger partial charge in [-0.2, -0.15) is 14.4 Å². The maximum atomic E-state index is 13.7. The highest BCUT2D eigenvalue weighted by Crippen LogP contribution is 2.34. The lowest BCUT2D eigenvalue weighted by molar-refractivity contribution is 0.518. The summed E-state index contributed by atoms with van der Waals surface area (Å²) in [5.74, 6) is 0.0162. The van der Waals surface area contributed by atoms with Crippen molar-refractivity contribution in [1.29, 1.82) is 0 Å². The van der Waals surface area contributed by atoms with E-state index in [2.05, 4.69) is 34.1 Å². The van der Waals surface area contributed by atoms with Gasteiger partial charge in [-0.25, -0.2) is 4.98 Å². The van der Waals surface area contributed by atoms with E-state index in [4.69, 9.17) is 28.9 Å². The molecule has 1 aromatic carbocycles. The van der Waals surface area contributed by atoms with Gasteiger partial charge in [0.05, 0.1) is 0 Å². The molecule has 0 radical (unpaired) electrons. The summed E-state index contributed by atoms with van der Waals surface area (Å²) in [6, 6.07) is 5.63. The number of nitrogens with two attached hydrogens (primary N) is 1. The minimum absolute atomic E-state index is 0.0162. The Hall–Kier alpha value is -1.61. The number of nitrogens with zero attached hydrogens (tertiary/aromatic N) is 4. The van der Waals surface area contributed by atoms with Gasteiger partial charge in [-0.3, -0.25) is 0 Å². The number of hydrogen-bond acceptors (Lipinski definition) is 6. The molecule has 0 aliphatic heterocycles. The average Bonchev–Trinajstić information content (AvgIpc) is 2.97. The molecule has 0 aliphatic carbocycles. The normalized spacial score (nSPS) is 11.0. The van der Waals surface area contributed by atoms with E-state index in [1.54, 1.807) is 18.2 Å². The average molecular weight is 459 g/mol. The van der Waals surface area contributed by atoms with Gasteiger partial charge in [-0.15, -0.1) is 0 Å². The minimum Gasteiger partial charge on any atom is -0.382 e. The summed E-state index contributed by atoms with van der Waals surface area (Å²) in [5.41, 5.74) is 6.60. The molecule has 2 heterocycles.